The number of hydrogen-bond acceptors (Lipinski definition) is 4. The number of methoxy groups -OCH3 is 1. The highest BCUT2D eigenvalue weighted by molar-refractivity contribution is 5.83. The van der Waals surface area contributed by atoms with Crippen molar-refractivity contribution < 1.29 is 14.3 Å². The number of nitrogens with zero attached hydrogens (tertiary/aromatic N) is 1. The first-order chi connectivity index (χ1) is 8.26. The topological polar surface area (TPSA) is 58.6 Å². The predicted octanol–water partition coefficient (Wildman–Crippen LogP) is 0.927. The van der Waals surface area contributed by atoms with Crippen LogP contribution in [0.4, 0.5) is 0 Å². The molecule has 0 aromatic heterocycles. The number of likely N-dealkylation sites (tertiary alicyclic amines) is 1. The van der Waals surface area contributed by atoms with Crippen LogP contribution >= 0.6 is 0 Å². The zero-order valence-corrected chi connectivity index (χ0v) is 11.9. The fourth-order valence-electron chi connectivity index (χ4n) is 2.27. The molecule has 5 nitrogen and oxygen atoms in total. The van der Waals surface area contributed by atoms with Gasteiger partial charge >= 0.3 is 5.97 Å². The van der Waals surface area contributed by atoms with E-state index in [2.05, 4.69) is 5.32 Å². The van der Waals surface area contributed by atoms with Gasteiger partial charge < -0.3 is 10.1 Å². The number of carbonyl (C=O) groups excluding carboxylic acids is 2. The molecule has 0 spiro atoms. The van der Waals surface area contributed by atoms with Gasteiger partial charge in [-0.2, -0.15) is 0 Å². The predicted molar refractivity (Wildman–Crippen MR) is 69.1 cm³/mol. The van der Waals surface area contributed by atoms with Crippen molar-refractivity contribution in [1.29, 1.82) is 0 Å². The molecule has 2 unspecified atom stereocenters. The lowest BCUT2D eigenvalue weighted by Gasteiger charge is -2.31. The highest BCUT2D eigenvalue weighted by Gasteiger charge is 2.37. The molecular formula is C13H24N2O3. The van der Waals surface area contributed by atoms with Gasteiger partial charge in [0.1, 0.15) is 6.04 Å². The average molecular weight is 256 g/mol. The molecule has 1 N–H and O–H groups in total. The van der Waals surface area contributed by atoms with E-state index in [-0.39, 0.29) is 29.5 Å². The van der Waals surface area contributed by atoms with E-state index in [1.165, 1.54) is 7.11 Å². The molecule has 0 radical (unpaired) electrons. The summed E-state index contributed by atoms with van der Waals surface area (Å²) in [6.07, 6.45) is 1.69. The molecule has 0 aliphatic carbocycles. The summed E-state index contributed by atoms with van der Waals surface area (Å²) in [5.74, 6) is -0.291. The van der Waals surface area contributed by atoms with Crippen molar-refractivity contribution in [3.05, 3.63) is 0 Å². The number of esters is 1. The van der Waals surface area contributed by atoms with Crippen molar-refractivity contribution in [3.63, 3.8) is 0 Å². The van der Waals surface area contributed by atoms with Gasteiger partial charge in [0.2, 0.25) is 5.91 Å². The summed E-state index contributed by atoms with van der Waals surface area (Å²) >= 11 is 0. The number of rotatable bonds is 3. The first-order valence-corrected chi connectivity index (χ1v) is 6.42. The molecule has 1 rings (SSSR count). The summed E-state index contributed by atoms with van der Waals surface area (Å²) in [5, 5.41) is 2.94. The van der Waals surface area contributed by atoms with Crippen LogP contribution in [-0.4, -0.2) is 48.1 Å². The van der Waals surface area contributed by atoms with Gasteiger partial charge in [-0.25, -0.2) is 0 Å². The van der Waals surface area contributed by atoms with E-state index in [1.54, 1.807) is 0 Å². The standard InChI is InChI=1S/C13H24N2O3/c1-9(11(16)14-13(2,3)4)15-8-6-7-10(15)12(17)18-5/h9-10H,6-8H2,1-5H3,(H,14,16). The van der Waals surface area contributed by atoms with Crippen molar-refractivity contribution in [1.82, 2.24) is 10.2 Å². The Morgan fingerprint density at radius 3 is 2.50 bits per heavy atom. The Labute approximate surface area is 109 Å². The Bertz CT molecular complexity index is 323. The van der Waals surface area contributed by atoms with E-state index < -0.39 is 0 Å². The van der Waals surface area contributed by atoms with Crippen LogP contribution in [0.5, 0.6) is 0 Å². The number of nitrogens with one attached hydrogen (secondary N) is 1. The molecular weight excluding hydrogens is 232 g/mol. The molecule has 5 heteroatoms. The average Bonchev–Trinajstić information content (AvgIpc) is 2.73. The lowest BCUT2D eigenvalue weighted by atomic mass is 10.1. The van der Waals surface area contributed by atoms with Crippen LogP contribution in [-0.2, 0) is 14.3 Å². The van der Waals surface area contributed by atoms with E-state index in [9.17, 15) is 9.59 Å². The van der Waals surface area contributed by atoms with Gasteiger partial charge in [0.15, 0.2) is 0 Å². The third-order valence-electron chi connectivity index (χ3n) is 3.14. The van der Waals surface area contributed by atoms with Gasteiger partial charge in [-0.1, -0.05) is 0 Å². The first-order valence-electron chi connectivity index (χ1n) is 6.42. The van der Waals surface area contributed by atoms with Crippen molar-refractivity contribution in [2.24, 2.45) is 0 Å². The van der Waals surface area contributed by atoms with Gasteiger partial charge in [0.25, 0.3) is 0 Å². The van der Waals surface area contributed by atoms with Gasteiger partial charge in [0, 0.05) is 5.54 Å². The third-order valence-corrected chi connectivity index (χ3v) is 3.14. The fraction of sp³-hybridized carbons (Fsp3) is 0.846. The van der Waals surface area contributed by atoms with Crippen molar-refractivity contribution in [2.45, 2.75) is 58.2 Å². The monoisotopic (exact) mass is 256 g/mol. The zero-order chi connectivity index (χ0) is 13.9. The minimum absolute atomic E-state index is 0.0432. The van der Waals surface area contributed by atoms with Gasteiger partial charge in [-0.05, 0) is 47.1 Å². The molecule has 104 valence electrons. The second kappa shape index (κ2) is 5.69. The highest BCUT2D eigenvalue weighted by atomic mass is 16.5. The van der Waals surface area contributed by atoms with Crippen LogP contribution in [0.15, 0.2) is 0 Å². The normalized spacial score (nSPS) is 22.6. The first kappa shape index (κ1) is 15.0. The van der Waals surface area contributed by atoms with Crippen LogP contribution in [0.1, 0.15) is 40.5 Å². The van der Waals surface area contributed by atoms with Crippen LogP contribution in [0.25, 0.3) is 0 Å². The summed E-state index contributed by atoms with van der Waals surface area (Å²) < 4.78 is 4.78. The Balaban J connectivity index is 2.68. The smallest absolute Gasteiger partial charge is 0.323 e. The molecule has 1 saturated heterocycles. The molecule has 1 fully saturated rings. The van der Waals surface area contributed by atoms with E-state index in [0.29, 0.717) is 0 Å². The summed E-state index contributed by atoms with van der Waals surface area (Å²) in [6, 6.07) is -0.591. The Kier molecular flexibility index (Phi) is 4.73. The maximum atomic E-state index is 12.1. The number of hydrogen-bond donors (Lipinski definition) is 1. The largest absolute Gasteiger partial charge is 0.468 e. The lowest BCUT2D eigenvalue weighted by molar-refractivity contribution is -0.147. The van der Waals surface area contributed by atoms with E-state index >= 15 is 0 Å². The second-order valence-corrected chi connectivity index (χ2v) is 5.83. The number of ether oxygens (including phenoxy) is 1. The Morgan fingerprint density at radius 2 is 2.00 bits per heavy atom. The molecule has 0 aromatic rings. The van der Waals surface area contributed by atoms with Crippen molar-refractivity contribution in [2.75, 3.05) is 13.7 Å². The van der Waals surface area contributed by atoms with Crippen LogP contribution in [0.2, 0.25) is 0 Å². The van der Waals surface area contributed by atoms with Crippen molar-refractivity contribution >= 4 is 11.9 Å². The maximum absolute atomic E-state index is 12.1. The number of carbonyl (C=O) groups is 2. The maximum Gasteiger partial charge on any atom is 0.323 e. The molecule has 18 heavy (non-hydrogen) atoms. The molecule has 2 atom stereocenters. The van der Waals surface area contributed by atoms with Crippen LogP contribution in [0.3, 0.4) is 0 Å². The summed E-state index contributed by atoms with van der Waals surface area (Å²) in [7, 11) is 1.39. The molecule has 0 bridgehead atoms. The molecule has 1 heterocycles. The highest BCUT2D eigenvalue weighted by Crippen LogP contribution is 2.21. The third kappa shape index (κ3) is 3.70. The molecule has 1 amide bonds. The van der Waals surface area contributed by atoms with Crippen LogP contribution in [0, 0.1) is 0 Å². The van der Waals surface area contributed by atoms with Gasteiger partial charge in [-0.3, -0.25) is 14.5 Å². The van der Waals surface area contributed by atoms with Crippen molar-refractivity contribution in [3.8, 4) is 0 Å². The van der Waals surface area contributed by atoms with E-state index in [0.717, 1.165) is 19.4 Å². The molecule has 0 aromatic carbocycles. The Morgan fingerprint density at radius 1 is 1.39 bits per heavy atom. The van der Waals surface area contributed by atoms with E-state index in [4.69, 9.17) is 4.74 Å². The van der Waals surface area contributed by atoms with E-state index in [1.807, 2.05) is 32.6 Å². The summed E-state index contributed by atoms with van der Waals surface area (Å²) in [4.78, 5) is 25.7. The zero-order valence-electron chi connectivity index (χ0n) is 11.9. The summed E-state index contributed by atoms with van der Waals surface area (Å²) in [5.41, 5.74) is -0.258. The fourth-order valence-corrected chi connectivity index (χ4v) is 2.27. The van der Waals surface area contributed by atoms with Gasteiger partial charge in [0.05, 0.1) is 13.2 Å². The molecule has 1 aliphatic heterocycles. The quantitative estimate of drug-likeness (QED) is 0.763. The Hall–Kier alpha value is -1.10. The van der Waals surface area contributed by atoms with Crippen LogP contribution < -0.4 is 5.32 Å². The lowest BCUT2D eigenvalue weighted by Crippen LogP contribution is -2.53. The minimum Gasteiger partial charge on any atom is -0.468 e. The molecule has 1 aliphatic rings. The molecule has 0 saturated carbocycles. The SMILES string of the molecule is COC(=O)C1CCCN1C(C)C(=O)NC(C)(C)C. The second-order valence-electron chi connectivity index (χ2n) is 5.83. The van der Waals surface area contributed by atoms with Gasteiger partial charge in [-0.15, -0.1) is 0 Å². The summed E-state index contributed by atoms with van der Waals surface area (Å²) in [6.45, 7) is 8.43. The minimum atomic E-state index is -0.309. The number of amides is 1.